The number of rotatable bonds is 5. The SMILES string of the molecule is COc1ccccc1N1CCN(Cc2cc(Cl)cc(C(C)=O)c2O)CC1. The molecular weight excluding hydrogens is 352 g/mol. The second-order valence-corrected chi connectivity index (χ2v) is 6.89. The largest absolute Gasteiger partial charge is 0.507 e. The number of ether oxygens (including phenoxy) is 1. The Morgan fingerprint density at radius 2 is 1.88 bits per heavy atom. The van der Waals surface area contributed by atoms with Gasteiger partial charge in [-0.2, -0.15) is 0 Å². The van der Waals surface area contributed by atoms with Gasteiger partial charge in [0.15, 0.2) is 5.78 Å². The van der Waals surface area contributed by atoms with Gasteiger partial charge in [-0.05, 0) is 31.2 Å². The molecule has 2 aromatic rings. The molecule has 0 atom stereocenters. The second-order valence-electron chi connectivity index (χ2n) is 6.45. The maximum Gasteiger partial charge on any atom is 0.163 e. The van der Waals surface area contributed by atoms with Crippen LogP contribution in [-0.4, -0.2) is 49.1 Å². The third-order valence-corrected chi connectivity index (χ3v) is 4.94. The number of carbonyl (C=O) groups excluding carboxylic acids is 1. The number of para-hydroxylation sites is 2. The van der Waals surface area contributed by atoms with E-state index in [0.29, 0.717) is 17.1 Å². The van der Waals surface area contributed by atoms with Crippen LogP contribution < -0.4 is 9.64 Å². The van der Waals surface area contributed by atoms with Gasteiger partial charge in [-0.15, -0.1) is 0 Å². The number of aromatic hydroxyl groups is 1. The van der Waals surface area contributed by atoms with Gasteiger partial charge in [0.05, 0.1) is 18.4 Å². The highest BCUT2D eigenvalue weighted by Crippen LogP contribution is 2.31. The molecule has 0 saturated carbocycles. The number of carbonyl (C=O) groups is 1. The minimum Gasteiger partial charge on any atom is -0.507 e. The van der Waals surface area contributed by atoms with Crippen LogP contribution in [0.2, 0.25) is 5.02 Å². The summed E-state index contributed by atoms with van der Waals surface area (Å²) in [4.78, 5) is 16.2. The number of phenols is 1. The summed E-state index contributed by atoms with van der Waals surface area (Å²) in [6, 6.07) is 11.3. The molecule has 5 nitrogen and oxygen atoms in total. The molecule has 0 spiro atoms. The van der Waals surface area contributed by atoms with E-state index in [-0.39, 0.29) is 17.1 Å². The Kier molecular flexibility index (Phi) is 5.69. The van der Waals surface area contributed by atoms with Gasteiger partial charge in [-0.3, -0.25) is 9.69 Å². The molecule has 138 valence electrons. The summed E-state index contributed by atoms with van der Waals surface area (Å²) in [6.07, 6.45) is 0. The van der Waals surface area contributed by atoms with Crippen molar-refractivity contribution >= 4 is 23.1 Å². The number of nitrogens with zero attached hydrogens (tertiary/aromatic N) is 2. The third kappa shape index (κ3) is 3.94. The predicted molar refractivity (Wildman–Crippen MR) is 104 cm³/mol. The maximum absolute atomic E-state index is 11.7. The van der Waals surface area contributed by atoms with Crippen LogP contribution in [0.15, 0.2) is 36.4 Å². The highest BCUT2D eigenvalue weighted by atomic mass is 35.5. The zero-order chi connectivity index (χ0) is 18.7. The first-order valence-corrected chi connectivity index (χ1v) is 9.00. The first-order chi connectivity index (χ1) is 12.5. The fourth-order valence-corrected chi connectivity index (χ4v) is 3.56. The van der Waals surface area contributed by atoms with Gasteiger partial charge < -0.3 is 14.7 Å². The molecule has 0 unspecified atom stereocenters. The quantitative estimate of drug-likeness (QED) is 0.811. The molecule has 1 aliphatic heterocycles. The molecule has 3 rings (SSSR count). The average molecular weight is 375 g/mol. The zero-order valence-electron chi connectivity index (χ0n) is 15.0. The maximum atomic E-state index is 11.7. The van der Waals surface area contributed by atoms with Crippen LogP contribution >= 0.6 is 11.6 Å². The third-order valence-electron chi connectivity index (χ3n) is 4.73. The number of methoxy groups -OCH3 is 1. The lowest BCUT2D eigenvalue weighted by molar-refractivity contribution is 0.101. The number of piperazine rings is 1. The number of anilines is 1. The first kappa shape index (κ1) is 18.5. The van der Waals surface area contributed by atoms with Crippen LogP contribution in [0.25, 0.3) is 0 Å². The molecule has 6 heteroatoms. The van der Waals surface area contributed by atoms with E-state index in [1.807, 2.05) is 18.2 Å². The van der Waals surface area contributed by atoms with Gasteiger partial charge in [-0.25, -0.2) is 0 Å². The van der Waals surface area contributed by atoms with E-state index in [4.69, 9.17) is 16.3 Å². The van der Waals surface area contributed by atoms with Crippen molar-refractivity contribution in [3.63, 3.8) is 0 Å². The summed E-state index contributed by atoms with van der Waals surface area (Å²) in [7, 11) is 1.68. The summed E-state index contributed by atoms with van der Waals surface area (Å²) in [6.45, 7) is 5.41. The van der Waals surface area contributed by atoms with Gasteiger partial charge in [-0.1, -0.05) is 23.7 Å². The Morgan fingerprint density at radius 3 is 2.54 bits per heavy atom. The lowest BCUT2D eigenvalue weighted by Crippen LogP contribution is -2.46. The molecule has 1 heterocycles. The van der Waals surface area contributed by atoms with E-state index in [0.717, 1.165) is 37.6 Å². The van der Waals surface area contributed by atoms with E-state index < -0.39 is 0 Å². The second kappa shape index (κ2) is 7.98. The average Bonchev–Trinajstić information content (AvgIpc) is 2.64. The summed E-state index contributed by atoms with van der Waals surface area (Å²) in [5, 5.41) is 10.8. The molecule has 1 saturated heterocycles. The Morgan fingerprint density at radius 1 is 1.19 bits per heavy atom. The van der Waals surface area contributed by atoms with Crippen molar-refractivity contribution in [1.29, 1.82) is 0 Å². The van der Waals surface area contributed by atoms with Crippen LogP contribution in [0.1, 0.15) is 22.8 Å². The number of ketones is 1. The topological polar surface area (TPSA) is 53.0 Å². The van der Waals surface area contributed by atoms with Crippen molar-refractivity contribution in [3.05, 3.63) is 52.5 Å². The van der Waals surface area contributed by atoms with E-state index in [9.17, 15) is 9.90 Å². The first-order valence-electron chi connectivity index (χ1n) is 8.62. The number of benzene rings is 2. The van der Waals surface area contributed by atoms with Crippen LogP contribution in [0.5, 0.6) is 11.5 Å². The van der Waals surface area contributed by atoms with E-state index in [1.165, 1.54) is 13.0 Å². The standard InChI is InChI=1S/C20H23ClN2O3/c1-14(24)17-12-16(21)11-15(20(17)25)13-22-7-9-23(10-8-22)18-5-3-4-6-19(18)26-2/h3-6,11-12,25H,7-10,13H2,1-2H3. The molecule has 0 amide bonds. The fraction of sp³-hybridized carbons (Fsp3) is 0.350. The van der Waals surface area contributed by atoms with E-state index in [2.05, 4.69) is 15.9 Å². The van der Waals surface area contributed by atoms with Gasteiger partial charge in [0.2, 0.25) is 0 Å². The molecule has 0 aliphatic carbocycles. The van der Waals surface area contributed by atoms with Crippen molar-refractivity contribution in [2.45, 2.75) is 13.5 Å². The summed E-state index contributed by atoms with van der Waals surface area (Å²) in [5.74, 6) is 0.723. The number of phenolic OH excluding ortho intramolecular Hbond substituents is 1. The Balaban J connectivity index is 1.69. The molecule has 2 aromatic carbocycles. The van der Waals surface area contributed by atoms with E-state index >= 15 is 0 Å². The van der Waals surface area contributed by atoms with Gasteiger partial charge in [0.25, 0.3) is 0 Å². The molecule has 0 bridgehead atoms. The van der Waals surface area contributed by atoms with Gasteiger partial charge in [0, 0.05) is 43.3 Å². The van der Waals surface area contributed by atoms with Crippen molar-refractivity contribution in [1.82, 2.24) is 4.90 Å². The van der Waals surface area contributed by atoms with E-state index in [1.54, 1.807) is 13.2 Å². The predicted octanol–water partition coefficient (Wildman–Crippen LogP) is 3.58. The normalized spacial score (nSPS) is 15.1. The molecule has 0 radical (unpaired) electrons. The molecule has 26 heavy (non-hydrogen) atoms. The van der Waals surface area contributed by atoms with Gasteiger partial charge in [0.1, 0.15) is 11.5 Å². The molecule has 0 aromatic heterocycles. The lowest BCUT2D eigenvalue weighted by Gasteiger charge is -2.36. The van der Waals surface area contributed by atoms with Crippen molar-refractivity contribution in [3.8, 4) is 11.5 Å². The smallest absolute Gasteiger partial charge is 0.163 e. The molecular formula is C20H23ClN2O3. The number of hydrogen-bond acceptors (Lipinski definition) is 5. The monoisotopic (exact) mass is 374 g/mol. The summed E-state index contributed by atoms with van der Waals surface area (Å²) in [5.41, 5.74) is 2.06. The summed E-state index contributed by atoms with van der Waals surface area (Å²) >= 11 is 6.12. The minimum absolute atomic E-state index is 0.0362. The Labute approximate surface area is 158 Å². The van der Waals surface area contributed by atoms with Crippen LogP contribution in [0.3, 0.4) is 0 Å². The lowest BCUT2D eigenvalue weighted by atomic mass is 10.0. The number of halogens is 1. The molecule has 1 fully saturated rings. The summed E-state index contributed by atoms with van der Waals surface area (Å²) < 4.78 is 5.45. The van der Waals surface area contributed by atoms with Crippen LogP contribution in [0.4, 0.5) is 5.69 Å². The zero-order valence-corrected chi connectivity index (χ0v) is 15.8. The Hall–Kier alpha value is -2.24. The Bertz CT molecular complexity index is 802. The van der Waals surface area contributed by atoms with Crippen molar-refractivity contribution in [2.24, 2.45) is 0 Å². The number of hydrogen-bond donors (Lipinski definition) is 1. The minimum atomic E-state index is -0.188. The highest BCUT2D eigenvalue weighted by Gasteiger charge is 2.21. The molecule has 1 aliphatic rings. The molecule has 1 N–H and O–H groups in total. The highest BCUT2D eigenvalue weighted by molar-refractivity contribution is 6.31. The van der Waals surface area contributed by atoms with Crippen LogP contribution in [-0.2, 0) is 6.54 Å². The number of Topliss-reactive ketones (excluding diaryl/α,β-unsaturated/α-hetero) is 1. The fourth-order valence-electron chi connectivity index (χ4n) is 3.32. The van der Waals surface area contributed by atoms with Gasteiger partial charge >= 0.3 is 0 Å². The van der Waals surface area contributed by atoms with Crippen LogP contribution in [0, 0.1) is 0 Å². The van der Waals surface area contributed by atoms with Crippen molar-refractivity contribution in [2.75, 3.05) is 38.2 Å². The van der Waals surface area contributed by atoms with Crippen molar-refractivity contribution < 1.29 is 14.6 Å².